The number of carbonyl (C=O) groups excluding carboxylic acids is 2. The van der Waals surface area contributed by atoms with Crippen LogP contribution in [-0.4, -0.2) is 329 Å². The summed E-state index contributed by atoms with van der Waals surface area (Å²) in [7, 11) is -9.74. The number of unbranched alkanes of at least 4 members (excludes halogenated alkanes) is 18. The summed E-state index contributed by atoms with van der Waals surface area (Å²) in [5, 5.41) is 64.7. The zero-order valence-electron chi connectivity index (χ0n) is 91.8. The van der Waals surface area contributed by atoms with Gasteiger partial charge in [-0.25, -0.2) is 9.97 Å². The van der Waals surface area contributed by atoms with E-state index in [1.807, 2.05) is 43.6 Å². The van der Waals surface area contributed by atoms with Crippen molar-refractivity contribution in [3.05, 3.63) is 58.2 Å². The number of nitrogens with zero attached hydrogens (tertiary/aromatic N) is 4. The standard InChI is InChI=1S/C110H210N24O8S2/c1-9-111-53-13-15-55-113-57-17-19-59-115-61-21-23-63-117-65-25-27-67-119-69-29-31-71-121-73-33-35-75-123-77-37-39-79-125-81-41-43-83-127-85-45-47-87-133(11-3)107(135)51-49-97-93(5)99-89-101-95(7)109(143(137,138)139)106(131-101)91-102-96(8)110(144(140,141)142)105(132-102)90-100-94(6)98(104(130-100)92-103(97)129-99)50-52-108(136)134(12-4)88-48-46-86-128-84-44-42-82-126-80-40-38-78-124-76-36-34-74-122-72-32-30-70-120-68-28-26-66-118-64-24-22-62-116-60-20-18-58-114-56-16-14-54-112-10-2/h89-92,111-128,131-132H,9-88H2,1-8H3,(H,137,138,139)(H,140,141,142). The number of aromatic amines is 2. The molecule has 0 aromatic carbocycles. The van der Waals surface area contributed by atoms with Gasteiger partial charge in [0.15, 0.2) is 0 Å². The van der Waals surface area contributed by atoms with E-state index in [0.29, 0.717) is 72.9 Å². The fourth-order valence-corrected chi connectivity index (χ4v) is 20.3. The van der Waals surface area contributed by atoms with Crippen molar-refractivity contribution in [2.24, 2.45) is 0 Å². The largest absolute Gasteiger partial charge is 0.354 e. The van der Waals surface area contributed by atoms with E-state index in [-0.39, 0.29) is 52.3 Å². The maximum Gasteiger partial charge on any atom is 0.296 e. The van der Waals surface area contributed by atoms with Crippen molar-refractivity contribution in [1.82, 2.24) is 125 Å². The molecule has 0 saturated heterocycles. The van der Waals surface area contributed by atoms with Crippen LogP contribution in [0.1, 0.15) is 332 Å². The molecule has 2 aliphatic heterocycles. The van der Waals surface area contributed by atoms with Crippen molar-refractivity contribution in [2.75, 3.05) is 262 Å². The van der Waals surface area contributed by atoms with Crippen molar-refractivity contribution in [2.45, 2.75) is 322 Å². The molecule has 830 valence electrons. The fourth-order valence-electron chi connectivity index (χ4n) is 18.5. The third-order valence-corrected chi connectivity index (χ3v) is 29.5. The monoisotopic (exact) mass is 2060 g/mol. The normalized spacial score (nSPS) is 12.6. The molecule has 5 heterocycles. The first kappa shape index (κ1) is 129. The van der Waals surface area contributed by atoms with E-state index in [4.69, 9.17) is 9.97 Å². The smallest absolute Gasteiger partial charge is 0.296 e. The summed E-state index contributed by atoms with van der Waals surface area (Å²) in [4.78, 5) is 48.2. The summed E-state index contributed by atoms with van der Waals surface area (Å²) in [5.41, 5.74) is 5.72. The Labute approximate surface area is 874 Å². The number of H-pyrrole nitrogens is 2. The van der Waals surface area contributed by atoms with Crippen LogP contribution >= 0.6 is 0 Å². The highest BCUT2D eigenvalue weighted by molar-refractivity contribution is 7.86. The average Bonchev–Trinajstić information content (AvgIpc) is 1.60. The number of allylic oxidation sites excluding steroid dienone is 4. The van der Waals surface area contributed by atoms with E-state index < -0.39 is 30.0 Å². The lowest BCUT2D eigenvalue weighted by molar-refractivity contribution is -0.131. The minimum Gasteiger partial charge on any atom is -0.354 e. The van der Waals surface area contributed by atoms with Gasteiger partial charge in [0, 0.05) is 50.1 Å². The van der Waals surface area contributed by atoms with E-state index in [2.05, 4.69) is 120 Å². The third kappa shape index (κ3) is 61.2. The number of hydrogen-bond acceptors (Lipinski definition) is 26. The number of nitrogens with one attached hydrogen (secondary N) is 20. The van der Waals surface area contributed by atoms with Crippen molar-refractivity contribution in [1.29, 1.82) is 0 Å². The van der Waals surface area contributed by atoms with Crippen LogP contribution in [0.4, 0.5) is 0 Å². The van der Waals surface area contributed by atoms with Gasteiger partial charge >= 0.3 is 0 Å². The zero-order valence-corrected chi connectivity index (χ0v) is 93.5. The molecule has 34 heteroatoms. The summed E-state index contributed by atoms with van der Waals surface area (Å²) < 4.78 is 74.5. The molecule has 144 heavy (non-hydrogen) atoms. The predicted octanol–water partition coefficient (Wildman–Crippen LogP) is 13.2. The number of carbonyl (C=O) groups is 2. The Kier molecular flexibility index (Phi) is 77.3. The number of aromatic nitrogens is 4. The van der Waals surface area contributed by atoms with Crippen molar-refractivity contribution in [3.63, 3.8) is 0 Å². The van der Waals surface area contributed by atoms with Crippen LogP contribution in [0.15, 0.2) is 34.1 Å². The van der Waals surface area contributed by atoms with Crippen molar-refractivity contribution in [3.8, 4) is 0 Å². The van der Waals surface area contributed by atoms with Gasteiger partial charge in [-0.15, -0.1) is 0 Å². The Morgan fingerprint density at radius 2 is 0.438 bits per heavy atom. The molecule has 2 amide bonds. The predicted molar refractivity (Wildman–Crippen MR) is 607 cm³/mol. The van der Waals surface area contributed by atoms with Gasteiger partial charge in [-0.2, -0.15) is 16.8 Å². The number of rotatable bonds is 102. The van der Waals surface area contributed by atoms with Gasteiger partial charge in [0.25, 0.3) is 20.2 Å². The highest BCUT2D eigenvalue weighted by Gasteiger charge is 2.28. The lowest BCUT2D eigenvalue weighted by Gasteiger charge is -2.21. The van der Waals surface area contributed by atoms with E-state index in [0.717, 1.165) is 304 Å². The van der Waals surface area contributed by atoms with Gasteiger partial charge in [0.05, 0.1) is 33.8 Å². The average molecular weight is 2060 g/mol. The van der Waals surface area contributed by atoms with Crippen molar-refractivity contribution < 1.29 is 35.5 Å². The first-order valence-corrected chi connectivity index (χ1v) is 60.6. The third-order valence-electron chi connectivity index (χ3n) is 27.5. The summed E-state index contributed by atoms with van der Waals surface area (Å²) in [5.74, 6) is 0.0172. The lowest BCUT2D eigenvalue weighted by Crippen LogP contribution is -2.32. The second-order valence-corrected chi connectivity index (χ2v) is 42.4. The Morgan fingerprint density at radius 1 is 0.257 bits per heavy atom. The number of amides is 2. The van der Waals surface area contributed by atoms with E-state index in [1.54, 1.807) is 13.0 Å². The first-order chi connectivity index (χ1) is 70.3. The van der Waals surface area contributed by atoms with Gasteiger partial charge in [-0.1, -0.05) is 13.8 Å². The molecule has 8 bridgehead atoms. The summed E-state index contributed by atoms with van der Waals surface area (Å²) in [6.07, 6.45) is 43.5. The van der Waals surface area contributed by atoms with Crippen LogP contribution in [0.2, 0.25) is 0 Å². The molecule has 0 atom stereocenters. The van der Waals surface area contributed by atoms with Crippen LogP contribution in [0, 0.1) is 13.8 Å². The molecule has 0 unspecified atom stereocenters. The zero-order chi connectivity index (χ0) is 104. The van der Waals surface area contributed by atoms with E-state index in [9.17, 15) is 35.5 Å². The molecule has 0 radical (unpaired) electrons. The lowest BCUT2D eigenvalue weighted by atomic mass is 9.98. The minimum atomic E-state index is -4.89. The number of aryl methyl sites for hydroxylation is 2. The van der Waals surface area contributed by atoms with Crippen molar-refractivity contribution >= 4 is 76.4 Å². The van der Waals surface area contributed by atoms with Gasteiger partial charge in [0.1, 0.15) is 9.79 Å². The molecule has 0 saturated carbocycles. The number of hydrogen-bond donors (Lipinski definition) is 22. The Morgan fingerprint density at radius 3 is 0.632 bits per heavy atom. The van der Waals surface area contributed by atoms with Gasteiger partial charge in [-0.05, 0) is 579 Å². The second kappa shape index (κ2) is 86.2. The molecular weight excluding hydrogens is 1850 g/mol. The molecule has 0 aliphatic carbocycles. The molecular formula is C110H210N24O8S2. The molecule has 0 spiro atoms. The molecule has 32 nitrogen and oxygen atoms in total. The highest BCUT2D eigenvalue weighted by atomic mass is 32.2. The molecule has 3 aromatic rings. The maximum absolute atomic E-state index is 14.3. The highest BCUT2D eigenvalue weighted by Crippen LogP contribution is 2.39. The van der Waals surface area contributed by atoms with Crippen LogP contribution in [0.25, 0.3) is 44.4 Å². The summed E-state index contributed by atoms with van der Waals surface area (Å²) >= 11 is 0. The SMILES string of the molecule is CCNCCCCNCCCCNCCCCNCCCCNCCCCNCCCCNCCCCNCCCCNCCCCN(CC)C(=O)CCC1=C(C)c2cc3[nH]c(cc4[nH]c(cc5nc(cc1n2)C(CCC(=O)N(CC)CCCCNCCCCNCCCCNCCCCNCCCCNCCCCNCCCCNCCCCNCCCCNCC)=C5C)c(S(=O)(=O)O)c4C)c(S(=O)(=O)O)c3C. The van der Waals surface area contributed by atoms with Crippen LogP contribution in [0.5, 0.6) is 0 Å². The van der Waals surface area contributed by atoms with Gasteiger partial charge in [0.2, 0.25) is 11.8 Å². The quantitative estimate of drug-likeness (QED) is 0.0184. The molecule has 5 rings (SSSR count). The molecule has 0 fully saturated rings. The van der Waals surface area contributed by atoms with E-state index >= 15 is 0 Å². The van der Waals surface area contributed by atoms with Gasteiger partial charge < -0.3 is 115 Å². The minimum absolute atomic E-state index is 0.00202. The van der Waals surface area contributed by atoms with Crippen LogP contribution in [0.3, 0.4) is 0 Å². The topological polar surface area (TPSA) is 423 Å². The Bertz CT molecular complexity index is 4230. The second-order valence-electron chi connectivity index (χ2n) is 39.7. The summed E-state index contributed by atoms with van der Waals surface area (Å²) in [6, 6.07) is 6.51. The number of fused-ring (bicyclic) bond motifs is 8. The molecule has 22 N–H and O–H groups in total. The summed E-state index contributed by atoms with van der Waals surface area (Å²) in [6.45, 7) is 56.5. The van der Waals surface area contributed by atoms with Crippen LogP contribution in [-0.2, 0) is 29.8 Å². The van der Waals surface area contributed by atoms with E-state index in [1.165, 1.54) is 199 Å². The fraction of sp³-hybridized carbons (Fsp3) is 0.800. The Hall–Kier alpha value is -5.36. The molecule has 2 aliphatic rings. The first-order valence-electron chi connectivity index (χ1n) is 57.7. The van der Waals surface area contributed by atoms with Gasteiger partial charge in [-0.3, -0.25) is 18.7 Å². The van der Waals surface area contributed by atoms with Crippen LogP contribution < -0.4 is 95.7 Å². The Balaban J connectivity index is 0.906. The molecule has 3 aromatic heterocycles. The maximum atomic E-state index is 14.3.